The minimum Gasteiger partial charge on any atom is -0.441 e. The van der Waals surface area contributed by atoms with Gasteiger partial charge >= 0.3 is 0 Å². The second-order valence-corrected chi connectivity index (χ2v) is 3.10. The predicted octanol–water partition coefficient (Wildman–Crippen LogP) is 2.90. The number of hydrogen-bond donors (Lipinski definition) is 0. The van der Waals surface area contributed by atoms with Gasteiger partial charge in [-0.1, -0.05) is 0 Å². The van der Waals surface area contributed by atoms with Crippen molar-refractivity contribution in [3.63, 3.8) is 0 Å². The number of ether oxygens (including phenoxy) is 1. The van der Waals surface area contributed by atoms with E-state index in [1.54, 1.807) is 23.9 Å². The zero-order valence-electron chi connectivity index (χ0n) is 8.00. The van der Waals surface area contributed by atoms with Crippen LogP contribution in [0.4, 0.5) is 8.78 Å². The van der Waals surface area contributed by atoms with Crippen molar-refractivity contribution in [1.82, 2.24) is 4.57 Å². The number of halogens is 2. The minimum absolute atomic E-state index is 0.128. The minimum atomic E-state index is -0.664. The van der Waals surface area contributed by atoms with E-state index in [1.165, 1.54) is 0 Å². The van der Waals surface area contributed by atoms with E-state index in [1.807, 2.05) is 0 Å². The summed E-state index contributed by atoms with van der Waals surface area (Å²) in [6, 6.07) is 7.42. The highest BCUT2D eigenvalue weighted by Gasteiger charge is 2.04. The van der Waals surface area contributed by atoms with Crippen LogP contribution in [0.1, 0.15) is 0 Å². The summed E-state index contributed by atoms with van der Waals surface area (Å²) >= 11 is 0. The lowest BCUT2D eigenvalue weighted by atomic mass is 10.3. The fourth-order valence-corrected chi connectivity index (χ4v) is 1.20. The van der Waals surface area contributed by atoms with E-state index in [2.05, 4.69) is 6.07 Å². The van der Waals surface area contributed by atoms with Crippen LogP contribution in [0.5, 0.6) is 11.6 Å². The molecular weight excluding hydrogens is 200 g/mol. The highest BCUT2D eigenvalue weighted by atomic mass is 19.1. The van der Waals surface area contributed by atoms with Gasteiger partial charge in [-0.05, 0) is 0 Å². The first-order valence-electron chi connectivity index (χ1n) is 4.31. The fourth-order valence-electron chi connectivity index (χ4n) is 1.20. The Morgan fingerprint density at radius 2 is 1.87 bits per heavy atom. The van der Waals surface area contributed by atoms with Crippen molar-refractivity contribution in [2.24, 2.45) is 7.05 Å². The highest BCUT2D eigenvalue weighted by Crippen LogP contribution is 2.22. The third-order valence-electron chi connectivity index (χ3n) is 1.88. The summed E-state index contributed by atoms with van der Waals surface area (Å²) in [6.07, 6.45) is 1.66. The summed E-state index contributed by atoms with van der Waals surface area (Å²) in [6.45, 7) is 0. The first kappa shape index (κ1) is 9.71. The van der Waals surface area contributed by atoms with Gasteiger partial charge in [0.25, 0.3) is 0 Å². The smallest absolute Gasteiger partial charge is 0.200 e. The Labute approximate surface area is 85.7 Å². The lowest BCUT2D eigenvalue weighted by Crippen LogP contribution is -1.92. The second-order valence-electron chi connectivity index (χ2n) is 3.10. The summed E-state index contributed by atoms with van der Waals surface area (Å²) < 4.78 is 32.6. The second kappa shape index (κ2) is 3.73. The standard InChI is InChI=1S/C11H8F2NO/c1-14-4-2-3-11(14)15-10-6-8(12)5-9(13)7-10/h3-7H,1H3. The molecule has 0 bridgehead atoms. The number of nitrogens with zero attached hydrogens (tertiary/aromatic N) is 1. The molecule has 2 nitrogen and oxygen atoms in total. The lowest BCUT2D eigenvalue weighted by molar-refractivity contribution is 0.434. The molecule has 0 saturated carbocycles. The SMILES string of the molecule is Cn1c[c]cc1Oc1cc(F)cc(F)c1. The van der Waals surface area contributed by atoms with Gasteiger partial charge in [-0.2, -0.15) is 0 Å². The van der Waals surface area contributed by atoms with Crippen LogP contribution in [0.25, 0.3) is 0 Å². The molecule has 2 rings (SSSR count). The van der Waals surface area contributed by atoms with E-state index in [4.69, 9.17) is 4.74 Å². The van der Waals surface area contributed by atoms with Gasteiger partial charge < -0.3 is 9.30 Å². The Morgan fingerprint density at radius 1 is 1.20 bits per heavy atom. The van der Waals surface area contributed by atoms with Crippen LogP contribution in [0.3, 0.4) is 0 Å². The summed E-state index contributed by atoms with van der Waals surface area (Å²) in [5, 5.41) is 0. The van der Waals surface area contributed by atoms with E-state index in [9.17, 15) is 8.78 Å². The van der Waals surface area contributed by atoms with E-state index in [0.29, 0.717) is 5.88 Å². The summed E-state index contributed by atoms with van der Waals surface area (Å²) in [5.74, 6) is -0.728. The molecule has 0 N–H and O–H groups in total. The van der Waals surface area contributed by atoms with Crippen LogP contribution in [-0.2, 0) is 7.05 Å². The average Bonchev–Trinajstić information content (AvgIpc) is 2.50. The molecular formula is C11H8F2NO. The monoisotopic (exact) mass is 208 g/mol. The zero-order chi connectivity index (χ0) is 10.8. The van der Waals surface area contributed by atoms with Crippen molar-refractivity contribution in [3.8, 4) is 11.6 Å². The fraction of sp³-hybridized carbons (Fsp3) is 0.0909. The molecule has 0 aliphatic rings. The van der Waals surface area contributed by atoms with Crippen molar-refractivity contribution in [3.05, 3.63) is 48.2 Å². The molecule has 0 aliphatic carbocycles. The van der Waals surface area contributed by atoms with Gasteiger partial charge in [-0.15, -0.1) is 0 Å². The number of hydrogen-bond acceptors (Lipinski definition) is 1. The van der Waals surface area contributed by atoms with Crippen molar-refractivity contribution >= 4 is 0 Å². The van der Waals surface area contributed by atoms with Crippen molar-refractivity contribution in [2.75, 3.05) is 0 Å². The van der Waals surface area contributed by atoms with Crippen molar-refractivity contribution in [1.29, 1.82) is 0 Å². The Morgan fingerprint density at radius 3 is 2.40 bits per heavy atom. The Balaban J connectivity index is 2.28. The lowest BCUT2D eigenvalue weighted by Gasteiger charge is -2.06. The Kier molecular flexibility index (Phi) is 2.41. The van der Waals surface area contributed by atoms with E-state index in [0.717, 1.165) is 18.2 Å². The highest BCUT2D eigenvalue weighted by molar-refractivity contribution is 5.28. The van der Waals surface area contributed by atoms with Crippen molar-refractivity contribution in [2.45, 2.75) is 0 Å². The molecule has 0 unspecified atom stereocenters. The van der Waals surface area contributed by atoms with E-state index >= 15 is 0 Å². The summed E-state index contributed by atoms with van der Waals surface area (Å²) in [7, 11) is 1.75. The number of aryl methyl sites for hydroxylation is 1. The molecule has 0 spiro atoms. The first-order chi connectivity index (χ1) is 7.15. The van der Waals surface area contributed by atoms with Crippen LogP contribution < -0.4 is 4.74 Å². The molecule has 1 aromatic carbocycles. The predicted molar refractivity (Wildman–Crippen MR) is 50.7 cm³/mol. The molecule has 0 saturated heterocycles. The zero-order valence-corrected chi connectivity index (χ0v) is 8.00. The van der Waals surface area contributed by atoms with Crippen LogP contribution >= 0.6 is 0 Å². The molecule has 0 fully saturated rings. The number of rotatable bonds is 2. The number of aromatic nitrogens is 1. The van der Waals surface area contributed by atoms with E-state index < -0.39 is 11.6 Å². The van der Waals surface area contributed by atoms with Gasteiger partial charge in [-0.3, -0.25) is 0 Å². The maximum Gasteiger partial charge on any atom is 0.200 e. The van der Waals surface area contributed by atoms with Gasteiger partial charge in [0.15, 0.2) is 5.88 Å². The van der Waals surface area contributed by atoms with Crippen LogP contribution in [-0.4, -0.2) is 4.57 Å². The molecule has 1 heterocycles. The summed E-state index contributed by atoms with van der Waals surface area (Å²) in [4.78, 5) is 0. The third-order valence-corrected chi connectivity index (χ3v) is 1.88. The Hall–Kier alpha value is -1.84. The molecule has 1 radical (unpaired) electrons. The Bertz CT molecular complexity index is 459. The maximum absolute atomic E-state index is 12.8. The average molecular weight is 208 g/mol. The normalized spacial score (nSPS) is 10.3. The van der Waals surface area contributed by atoms with Gasteiger partial charge in [0.05, 0.1) is 0 Å². The van der Waals surface area contributed by atoms with Crippen LogP contribution in [0.15, 0.2) is 30.5 Å². The third kappa shape index (κ3) is 2.15. The van der Waals surface area contributed by atoms with E-state index in [-0.39, 0.29) is 5.75 Å². The largest absolute Gasteiger partial charge is 0.441 e. The molecule has 15 heavy (non-hydrogen) atoms. The van der Waals surface area contributed by atoms with Crippen LogP contribution in [0, 0.1) is 17.7 Å². The first-order valence-corrected chi connectivity index (χ1v) is 4.31. The molecule has 1 aromatic heterocycles. The molecule has 4 heteroatoms. The molecule has 0 amide bonds. The maximum atomic E-state index is 12.8. The van der Waals surface area contributed by atoms with Crippen molar-refractivity contribution < 1.29 is 13.5 Å². The van der Waals surface area contributed by atoms with Gasteiger partial charge in [0, 0.05) is 43.6 Å². The van der Waals surface area contributed by atoms with Gasteiger partial charge in [-0.25, -0.2) is 8.78 Å². The van der Waals surface area contributed by atoms with Gasteiger partial charge in [0.2, 0.25) is 0 Å². The molecule has 0 atom stereocenters. The quantitative estimate of drug-likeness (QED) is 0.740. The molecule has 0 aliphatic heterocycles. The van der Waals surface area contributed by atoms with Crippen LogP contribution in [0.2, 0.25) is 0 Å². The molecule has 77 valence electrons. The molecule has 2 aromatic rings. The topological polar surface area (TPSA) is 14.2 Å². The summed E-state index contributed by atoms with van der Waals surface area (Å²) in [5.41, 5.74) is 0. The van der Waals surface area contributed by atoms with Gasteiger partial charge in [0.1, 0.15) is 17.4 Å². The number of benzene rings is 1.